The fourth-order valence-electron chi connectivity index (χ4n) is 0. The van der Waals surface area contributed by atoms with Crippen LogP contribution in [-0.2, 0) is 0 Å². The zero-order chi connectivity index (χ0) is 8.57. The lowest BCUT2D eigenvalue weighted by molar-refractivity contribution is 0.342. The summed E-state index contributed by atoms with van der Waals surface area (Å²) < 4.78 is 32.5. The summed E-state index contributed by atoms with van der Waals surface area (Å²) in [6, 6.07) is 0. The Bertz CT molecular complexity index is 51.7. The first-order chi connectivity index (χ1) is 4.54. The Labute approximate surface area is 72.2 Å². The summed E-state index contributed by atoms with van der Waals surface area (Å²) in [6.45, 7) is -1.10. The van der Waals surface area contributed by atoms with Gasteiger partial charge in [-0.3, -0.25) is 0 Å². The molecule has 0 aromatic rings. The molecule has 0 amide bonds. The molecule has 2 unspecified atom stereocenters. The van der Waals surface area contributed by atoms with Crippen molar-refractivity contribution in [3.63, 3.8) is 0 Å². The fraction of sp³-hybridized carbons (Fsp3) is 1.00. The van der Waals surface area contributed by atoms with Crippen LogP contribution in [0.3, 0.4) is 0 Å². The van der Waals surface area contributed by atoms with E-state index < -0.39 is 17.9 Å². The van der Waals surface area contributed by atoms with Crippen LogP contribution in [0.4, 0.5) is 13.2 Å². The highest BCUT2D eigenvalue weighted by atomic mass is 35.5. The van der Waals surface area contributed by atoms with Gasteiger partial charge in [-0.2, -0.15) is 0 Å². The molecular weight excluding hydrogens is 211 g/mol. The van der Waals surface area contributed by atoms with Crippen molar-refractivity contribution in [3.05, 3.63) is 0 Å². The quantitative estimate of drug-likeness (QED) is 0.623. The summed E-state index contributed by atoms with van der Waals surface area (Å²) >= 11 is 13.9. The number of hydrogen-bond acceptors (Lipinski definition) is 0. The lowest BCUT2D eigenvalue weighted by Gasteiger charge is -1.81. The van der Waals surface area contributed by atoms with E-state index in [1.165, 1.54) is 0 Å². The Morgan fingerprint density at radius 1 is 1.10 bits per heavy atom. The van der Waals surface area contributed by atoms with Gasteiger partial charge in [0.1, 0.15) is 6.67 Å². The standard InChI is InChI=1S/C2H3Cl2F.C2H3ClF2/c3-1-2(4)5;3-2(5)1-4/h2*2H,1H2. The first-order valence-corrected chi connectivity index (χ1v) is 3.63. The second kappa shape index (κ2) is 9.66. The van der Waals surface area contributed by atoms with Gasteiger partial charge in [-0.05, 0) is 0 Å². The predicted molar refractivity (Wildman–Crippen MR) is 38.2 cm³/mol. The minimum atomic E-state index is -1.81. The first kappa shape index (κ1) is 13.3. The van der Waals surface area contributed by atoms with E-state index in [4.69, 9.17) is 11.6 Å². The molecule has 0 saturated carbocycles. The molecule has 0 radical (unpaired) electrons. The summed E-state index contributed by atoms with van der Waals surface area (Å²) in [5.74, 6) is -0.123. The van der Waals surface area contributed by atoms with Crippen LogP contribution in [0.5, 0.6) is 0 Å². The maximum absolute atomic E-state index is 11.1. The molecule has 0 saturated heterocycles. The summed E-state index contributed by atoms with van der Waals surface area (Å²) in [5.41, 5.74) is -3.19. The number of alkyl halides is 6. The molecule has 0 aliphatic carbocycles. The topological polar surface area (TPSA) is 0 Å². The van der Waals surface area contributed by atoms with Gasteiger partial charge in [-0.1, -0.05) is 23.2 Å². The molecule has 0 aromatic carbocycles. The highest BCUT2D eigenvalue weighted by molar-refractivity contribution is 6.27. The molecule has 0 N–H and O–H groups in total. The van der Waals surface area contributed by atoms with Crippen LogP contribution >= 0.6 is 34.8 Å². The lowest BCUT2D eigenvalue weighted by atomic mass is 10.9. The van der Waals surface area contributed by atoms with Gasteiger partial charge in [0.05, 0.1) is 5.88 Å². The third-order valence-electron chi connectivity index (χ3n) is 0.233. The van der Waals surface area contributed by atoms with Gasteiger partial charge in [0.15, 0.2) is 5.63 Å². The van der Waals surface area contributed by atoms with E-state index in [1.807, 2.05) is 0 Å². The van der Waals surface area contributed by atoms with E-state index in [-0.39, 0.29) is 5.88 Å². The average Bonchev–Trinajstić information content (AvgIpc) is 1.89. The molecule has 0 rings (SSSR count). The summed E-state index contributed by atoms with van der Waals surface area (Å²) in [4.78, 5) is 0. The van der Waals surface area contributed by atoms with Crippen molar-refractivity contribution in [3.8, 4) is 0 Å². The maximum atomic E-state index is 11.1. The molecule has 10 heavy (non-hydrogen) atoms. The van der Waals surface area contributed by atoms with Gasteiger partial charge in [-0.15, -0.1) is 11.6 Å². The molecule has 64 valence electrons. The third kappa shape index (κ3) is 23.4. The van der Waals surface area contributed by atoms with Crippen LogP contribution in [0.1, 0.15) is 0 Å². The molecule has 0 fully saturated rings. The Morgan fingerprint density at radius 3 is 1.30 bits per heavy atom. The predicted octanol–water partition coefficient (Wildman–Crippen LogP) is 3.25. The largest absolute Gasteiger partial charge is 0.247 e. The Kier molecular flexibility index (Phi) is 12.8. The van der Waals surface area contributed by atoms with Crippen LogP contribution in [0.2, 0.25) is 0 Å². The Hall–Kier alpha value is 0.660. The molecule has 6 heteroatoms. The minimum Gasteiger partial charge on any atom is -0.247 e. The number of halogens is 6. The second-order valence-electron chi connectivity index (χ2n) is 1.09. The molecule has 0 nitrogen and oxygen atoms in total. The van der Waals surface area contributed by atoms with Gasteiger partial charge in [0, 0.05) is 0 Å². The van der Waals surface area contributed by atoms with Crippen molar-refractivity contribution in [2.75, 3.05) is 12.6 Å². The van der Waals surface area contributed by atoms with Crippen molar-refractivity contribution in [2.24, 2.45) is 0 Å². The van der Waals surface area contributed by atoms with Crippen LogP contribution < -0.4 is 0 Å². The zero-order valence-electron chi connectivity index (χ0n) is 4.84. The van der Waals surface area contributed by atoms with Crippen molar-refractivity contribution in [1.29, 1.82) is 0 Å². The van der Waals surface area contributed by atoms with E-state index in [9.17, 15) is 13.2 Å². The monoisotopic (exact) mass is 216 g/mol. The molecule has 0 aliphatic heterocycles. The van der Waals surface area contributed by atoms with E-state index in [0.29, 0.717) is 0 Å². The van der Waals surface area contributed by atoms with Crippen LogP contribution in [-0.4, -0.2) is 23.8 Å². The molecule has 0 heterocycles. The minimum absolute atomic E-state index is 0.123. The van der Waals surface area contributed by atoms with Gasteiger partial charge in [0.2, 0.25) is 5.63 Å². The van der Waals surface area contributed by atoms with E-state index in [2.05, 4.69) is 23.2 Å². The summed E-state index contributed by atoms with van der Waals surface area (Å²) in [5, 5.41) is 0. The molecule has 0 spiro atoms. The second-order valence-corrected chi connectivity index (χ2v) is 2.35. The average molecular weight is 217 g/mol. The third-order valence-corrected chi connectivity index (χ3v) is 0.933. The maximum Gasteiger partial charge on any atom is 0.201 e. The fourth-order valence-corrected chi connectivity index (χ4v) is 0. The summed E-state index contributed by atoms with van der Waals surface area (Å²) in [6.07, 6.45) is 0. The molecule has 0 aliphatic rings. The van der Waals surface area contributed by atoms with E-state index >= 15 is 0 Å². The zero-order valence-corrected chi connectivity index (χ0v) is 7.10. The highest BCUT2D eigenvalue weighted by Gasteiger charge is 1.92. The van der Waals surface area contributed by atoms with Gasteiger partial charge >= 0.3 is 0 Å². The van der Waals surface area contributed by atoms with Gasteiger partial charge in [0.25, 0.3) is 0 Å². The molecule has 0 aromatic heterocycles. The first-order valence-electron chi connectivity index (χ1n) is 2.22. The Balaban J connectivity index is 0. The lowest BCUT2D eigenvalue weighted by Crippen LogP contribution is -1.86. The smallest absolute Gasteiger partial charge is 0.201 e. The van der Waals surface area contributed by atoms with Crippen LogP contribution in [0, 0.1) is 0 Å². The molecule has 2 atom stereocenters. The SMILES string of the molecule is FC(Cl)CCl.FCC(F)Cl. The van der Waals surface area contributed by atoms with Gasteiger partial charge in [-0.25, -0.2) is 13.2 Å². The van der Waals surface area contributed by atoms with Gasteiger partial charge < -0.3 is 0 Å². The Morgan fingerprint density at radius 2 is 1.30 bits per heavy atom. The molecule has 0 bridgehead atoms. The summed E-state index contributed by atoms with van der Waals surface area (Å²) in [7, 11) is 0. The van der Waals surface area contributed by atoms with Crippen molar-refractivity contribution < 1.29 is 13.2 Å². The number of rotatable bonds is 2. The van der Waals surface area contributed by atoms with Crippen LogP contribution in [0.25, 0.3) is 0 Å². The van der Waals surface area contributed by atoms with Crippen molar-refractivity contribution in [2.45, 2.75) is 11.3 Å². The molecular formula is C4H6Cl3F3. The number of hydrogen-bond donors (Lipinski definition) is 0. The highest BCUT2D eigenvalue weighted by Crippen LogP contribution is 1.96. The van der Waals surface area contributed by atoms with Crippen molar-refractivity contribution in [1.82, 2.24) is 0 Å². The van der Waals surface area contributed by atoms with E-state index in [0.717, 1.165) is 0 Å². The van der Waals surface area contributed by atoms with Crippen molar-refractivity contribution >= 4 is 34.8 Å². The normalized spacial score (nSPS) is 15.0. The van der Waals surface area contributed by atoms with E-state index in [1.54, 1.807) is 0 Å². The van der Waals surface area contributed by atoms with Crippen LogP contribution in [0.15, 0.2) is 0 Å².